The van der Waals surface area contributed by atoms with Gasteiger partial charge in [0.2, 0.25) is 0 Å². The molecule has 2 unspecified atom stereocenters. The van der Waals surface area contributed by atoms with Gasteiger partial charge in [0.05, 0.1) is 7.57 Å². The monoisotopic (exact) mass is 2230 g/mol. The molecular weight excluding hydrogens is 2050 g/mol. The SMILES string of the molecule is CCCCCCCCCCCCC(CCCCCCCCCC)Cc1cc(-c2cc3c(cc(-c4cc(CC(CCCCCCCCCC)CCCCCCCCCCCC)c(Br)s4)c4nonc43)c3nonc23)sc1Br.CCCCCCCCCCCCCCc1cc([CH2][Sn][CH2]C)sc1-c1nc2sc(-c3s[c]([Sn]([CH3])([CH3])[CH3])cc3CCCCCCCCCCCCCC)nc2s1. The molecule has 8 nitrogen and oxygen atoms in total. The summed E-state index contributed by atoms with van der Waals surface area (Å²) >= 11 is 17.2. The van der Waals surface area contributed by atoms with Crippen LogP contribution >= 0.6 is 99.9 Å². The Morgan fingerprint density at radius 3 is 0.900 bits per heavy atom. The molecule has 0 fully saturated rings. The number of halogens is 2. The van der Waals surface area contributed by atoms with E-state index in [2.05, 4.69) is 175 Å². The van der Waals surface area contributed by atoms with Crippen LogP contribution in [0.15, 0.2) is 53.2 Å². The van der Waals surface area contributed by atoms with Crippen LogP contribution in [-0.4, -0.2) is 70.1 Å². The fourth-order valence-electron chi connectivity index (χ4n) is 19.6. The Kier molecular flexibility index (Phi) is 58.3. The number of unbranched alkanes of at least 4 members (excludes halogenated alkanes) is 54. The quantitative estimate of drug-likeness (QED) is 0.0274. The van der Waals surface area contributed by atoms with Crippen LogP contribution in [0.4, 0.5) is 0 Å². The number of aromatic nitrogens is 6. The summed E-state index contributed by atoms with van der Waals surface area (Å²) in [5.74, 6) is 1.39. The number of thiophene rings is 4. The molecule has 0 bridgehead atoms. The van der Waals surface area contributed by atoms with E-state index < -0.39 is 18.4 Å². The van der Waals surface area contributed by atoms with E-state index >= 15 is 0 Å². The van der Waals surface area contributed by atoms with Crippen LogP contribution in [0.2, 0.25) is 19.3 Å². The van der Waals surface area contributed by atoms with Gasteiger partial charge in [-0.3, -0.25) is 0 Å². The maximum atomic E-state index is 5.61. The van der Waals surface area contributed by atoms with Gasteiger partial charge in [0.1, 0.15) is 22.1 Å². The van der Waals surface area contributed by atoms with Crippen LogP contribution < -0.4 is 2.89 Å². The molecule has 10 rings (SSSR count). The topological polar surface area (TPSA) is 104 Å². The van der Waals surface area contributed by atoms with Crippen molar-refractivity contribution in [1.29, 1.82) is 0 Å². The first-order valence-electron chi connectivity index (χ1n) is 54.4. The van der Waals surface area contributed by atoms with Crippen LogP contribution in [0.5, 0.6) is 0 Å². The molecular formula is C112H178Br2N6O2S6Sn2. The number of fused-ring (bicyclic) bond motifs is 6. The molecule has 0 aliphatic heterocycles. The predicted octanol–water partition coefficient (Wildman–Crippen LogP) is 41.8. The summed E-state index contributed by atoms with van der Waals surface area (Å²) in [5.41, 5.74) is 11.1. The summed E-state index contributed by atoms with van der Waals surface area (Å²) in [6, 6.07) is 14.5. The Hall–Kier alpha value is -1.62. The Bertz CT molecular complexity index is 4370. The normalized spacial score (nSPS) is 12.6. The van der Waals surface area contributed by atoms with E-state index in [-0.39, 0.29) is 21.1 Å². The third-order valence-corrected chi connectivity index (χ3v) is 49.8. The van der Waals surface area contributed by atoms with Gasteiger partial charge in [0.15, 0.2) is 0 Å². The Balaban J connectivity index is 0.000000310. The molecule has 8 heterocycles. The summed E-state index contributed by atoms with van der Waals surface area (Å²) in [4.78, 5) is 27.6. The molecule has 0 saturated heterocycles. The van der Waals surface area contributed by atoms with Gasteiger partial charge >= 0.3 is 295 Å². The van der Waals surface area contributed by atoms with E-state index in [4.69, 9.17) is 19.2 Å². The van der Waals surface area contributed by atoms with Crippen molar-refractivity contribution in [1.82, 2.24) is 30.6 Å². The standard InChI is InChI=1S/C66H102Br2N4O2S2.C41H62N2S4.C2H5.3CH3.2Sn/c1-5-9-13-17-21-25-27-31-35-39-43-51(41-37-33-29-23-19-15-11-7-3)45-53-47-59(75-65(53)67)57-49-55-56(61-63(57)71-73-69-61)50-58(64-62(55)70-74-72-64)60-48-54(66(68)76-60)46-52(42-38-34-30-24-20-16-12-8-4)44-40-36-32-28-26-22-18-14-10-6-2;1-4-6-8-10-12-14-16-18-20-22-24-26-28-34-30-31-44-36(34)38-42-40-41(46-38)43-39(47-40)37-35(32-33(3)45-37)29-27-25-23-21-19-17-15-13-11-9-7-5-2;1-2;;;;;/h47-52H,5-46H2,1-4H3;30,32H,3-29H2,1-2H3;1H2,2H3;3*1H3;;. The molecule has 18 heteroatoms. The number of nitrogens with zero attached hydrogens (tertiary/aromatic N) is 6. The van der Waals surface area contributed by atoms with Gasteiger partial charge in [-0.05, 0) is 113 Å². The number of benzene rings is 2. The van der Waals surface area contributed by atoms with Gasteiger partial charge < -0.3 is 0 Å². The first-order valence-corrected chi connectivity index (χ1v) is 74.9. The summed E-state index contributed by atoms with van der Waals surface area (Å²) in [5, 5.41) is 22.8. The van der Waals surface area contributed by atoms with E-state index in [0.717, 1.165) is 66.5 Å². The van der Waals surface area contributed by atoms with E-state index in [1.807, 2.05) is 22.7 Å². The van der Waals surface area contributed by atoms with Gasteiger partial charge in [0.25, 0.3) is 0 Å². The van der Waals surface area contributed by atoms with Crippen molar-refractivity contribution in [2.45, 2.75) is 509 Å². The number of aryl methyl sites for hydroxylation is 2. The zero-order valence-electron chi connectivity index (χ0n) is 83.8. The van der Waals surface area contributed by atoms with Gasteiger partial charge in [-0.25, -0.2) is 9.26 Å². The van der Waals surface area contributed by atoms with Gasteiger partial charge in [0, 0.05) is 31.7 Å². The zero-order chi connectivity index (χ0) is 91.9. The summed E-state index contributed by atoms with van der Waals surface area (Å²) < 4.78 is 18.2. The average Bonchev–Trinajstić information content (AvgIpc) is 1.53. The first kappa shape index (κ1) is 112. The van der Waals surface area contributed by atoms with Crippen molar-refractivity contribution in [2.24, 2.45) is 11.8 Å². The third kappa shape index (κ3) is 40.9. The summed E-state index contributed by atoms with van der Waals surface area (Å²) in [7, 11) is 0. The Morgan fingerprint density at radius 1 is 0.308 bits per heavy atom. The average molecular weight is 2230 g/mol. The molecule has 0 aliphatic carbocycles. The van der Waals surface area contributed by atoms with E-state index in [9.17, 15) is 0 Å². The number of rotatable bonds is 78. The van der Waals surface area contributed by atoms with E-state index in [1.165, 1.54) is 481 Å². The predicted molar refractivity (Wildman–Crippen MR) is 593 cm³/mol. The number of hydrogen-bond donors (Lipinski definition) is 0. The second kappa shape index (κ2) is 67.7. The van der Waals surface area contributed by atoms with Crippen LogP contribution in [0.3, 0.4) is 0 Å². The van der Waals surface area contributed by atoms with Crippen molar-refractivity contribution in [2.75, 3.05) is 0 Å². The summed E-state index contributed by atoms with van der Waals surface area (Å²) in [6.07, 6.45) is 93.4. The van der Waals surface area contributed by atoms with Crippen LogP contribution in [0, 0.1) is 11.8 Å². The molecule has 0 spiro atoms. The molecule has 10 aromatic rings. The summed E-state index contributed by atoms with van der Waals surface area (Å²) in [6.45, 7) is 16.2. The number of hydrogen-bond acceptors (Lipinski definition) is 14. The fourth-order valence-corrected chi connectivity index (χ4v) is 35.9. The molecule has 0 aliphatic rings. The Labute approximate surface area is 848 Å². The minimum atomic E-state index is -2.19. The molecule has 0 amide bonds. The molecule has 726 valence electrons. The molecule has 0 N–H and O–H groups in total. The van der Waals surface area contributed by atoms with Crippen molar-refractivity contribution in [3.05, 3.63) is 71.1 Å². The molecule has 2 radical (unpaired) electrons. The molecule has 2 atom stereocenters. The van der Waals surface area contributed by atoms with E-state index in [1.54, 1.807) is 41.6 Å². The first-order chi connectivity index (χ1) is 63.8. The van der Waals surface area contributed by atoms with Gasteiger partial charge in [-0.15, -0.1) is 22.7 Å². The third-order valence-electron chi connectivity index (χ3n) is 27.7. The second-order valence-electron chi connectivity index (χ2n) is 40.3. The molecule has 8 aromatic heterocycles. The fraction of sp³-hybridized carbons (Fsp3) is 0.732. The molecule has 130 heavy (non-hydrogen) atoms. The molecule has 2 aromatic carbocycles. The van der Waals surface area contributed by atoms with Crippen LogP contribution in [0.1, 0.15) is 487 Å². The van der Waals surface area contributed by atoms with Crippen molar-refractivity contribution >= 4 is 185 Å². The maximum absolute atomic E-state index is 5.61. The Morgan fingerprint density at radius 2 is 0.592 bits per heavy atom. The second-order valence-corrected chi connectivity index (χ2v) is 69.0. The van der Waals surface area contributed by atoms with Crippen LogP contribution in [0.25, 0.3) is 83.2 Å². The van der Waals surface area contributed by atoms with Crippen molar-refractivity contribution in [3.63, 3.8) is 0 Å². The molecule has 0 saturated carbocycles. The van der Waals surface area contributed by atoms with Crippen molar-refractivity contribution < 1.29 is 9.26 Å². The zero-order valence-corrected chi connectivity index (χ0v) is 97.6. The van der Waals surface area contributed by atoms with Crippen molar-refractivity contribution in [3.8, 4) is 40.7 Å². The number of thiazole rings is 2. The minimum absolute atomic E-state index is 0.278. The van der Waals surface area contributed by atoms with Gasteiger partial charge in [-0.1, -0.05) is 356 Å². The van der Waals surface area contributed by atoms with Gasteiger partial charge in [-0.2, -0.15) is 0 Å². The van der Waals surface area contributed by atoms with E-state index in [0.29, 0.717) is 11.8 Å². The van der Waals surface area contributed by atoms with Crippen LogP contribution in [-0.2, 0) is 30.1 Å².